The molecule has 0 saturated heterocycles. The molecule has 1 rings (SSSR count). The molecule has 0 unspecified atom stereocenters. The number of carbonyl (C=O) groups is 1. The Bertz CT molecular complexity index is 330. The number of hydrogen-bond donors (Lipinski definition) is 0. The molecule has 1 aromatic rings. The smallest absolute Gasteiger partial charge is 0.361 e. The monoisotopic (exact) mass is 205 g/mol. The fourth-order valence-electron chi connectivity index (χ4n) is 1.21. The normalized spacial score (nSPS) is 9.67. The van der Waals surface area contributed by atoms with Crippen molar-refractivity contribution in [2.24, 2.45) is 0 Å². The first-order valence-corrected chi connectivity index (χ1v) is 5.04. The molecule has 0 aliphatic carbocycles. The summed E-state index contributed by atoms with van der Waals surface area (Å²) in [5.74, 6) is -0.466. The van der Waals surface area contributed by atoms with E-state index in [0.29, 0.717) is 5.69 Å². The molecule has 15 heavy (non-hydrogen) atoms. The van der Waals surface area contributed by atoms with Crippen LogP contribution >= 0.6 is 0 Å². The fraction of sp³-hybridized carbons (Fsp3) is 0.333. The van der Waals surface area contributed by atoms with Crippen LogP contribution < -0.4 is 0 Å². The first kappa shape index (κ1) is 11.4. The van der Waals surface area contributed by atoms with Crippen molar-refractivity contribution >= 4 is 5.97 Å². The van der Waals surface area contributed by atoms with Gasteiger partial charge in [-0.15, -0.1) is 0 Å². The second kappa shape index (κ2) is 5.96. The number of pyridine rings is 1. The van der Waals surface area contributed by atoms with Crippen molar-refractivity contribution in [2.75, 3.05) is 0 Å². The molecule has 0 aliphatic rings. The lowest BCUT2D eigenvalue weighted by Gasteiger charge is -2.01. The number of ether oxygens (including phenoxy) is 1. The molecule has 1 aromatic heterocycles. The number of nitrogens with zero attached hydrogens (tertiary/aromatic N) is 1. The van der Waals surface area contributed by atoms with Crippen molar-refractivity contribution in [1.29, 1.82) is 0 Å². The Balaban J connectivity index is 2.63. The van der Waals surface area contributed by atoms with Crippen LogP contribution in [0.2, 0.25) is 0 Å². The molecule has 0 amide bonds. The molecule has 0 aliphatic heterocycles. The third-order valence-electron chi connectivity index (χ3n) is 2.04. The number of carbonyl (C=O) groups excluding carboxylic acids is 1. The second-order valence-corrected chi connectivity index (χ2v) is 3.23. The molecule has 0 bridgehead atoms. The molecule has 0 spiro atoms. The van der Waals surface area contributed by atoms with E-state index in [2.05, 4.69) is 23.2 Å². The van der Waals surface area contributed by atoms with Crippen molar-refractivity contribution in [3.8, 4) is 0 Å². The van der Waals surface area contributed by atoms with Gasteiger partial charge in [-0.05, 0) is 24.5 Å². The van der Waals surface area contributed by atoms with Crippen LogP contribution in [0.25, 0.3) is 0 Å². The lowest BCUT2D eigenvalue weighted by Crippen LogP contribution is -2.03. The SMILES string of the molecule is C=COC(=O)c1ccc(CCCC)cn1. The first-order valence-electron chi connectivity index (χ1n) is 5.04. The van der Waals surface area contributed by atoms with Gasteiger partial charge in [-0.2, -0.15) is 0 Å². The van der Waals surface area contributed by atoms with Crippen molar-refractivity contribution in [1.82, 2.24) is 4.98 Å². The van der Waals surface area contributed by atoms with Crippen LogP contribution in [0.5, 0.6) is 0 Å². The number of hydrogen-bond acceptors (Lipinski definition) is 3. The van der Waals surface area contributed by atoms with Gasteiger partial charge < -0.3 is 4.74 Å². The predicted molar refractivity (Wildman–Crippen MR) is 58.5 cm³/mol. The fourth-order valence-corrected chi connectivity index (χ4v) is 1.21. The maximum absolute atomic E-state index is 11.2. The molecule has 0 fully saturated rings. The largest absolute Gasteiger partial charge is 0.430 e. The predicted octanol–water partition coefficient (Wildman–Crippen LogP) is 2.72. The Hall–Kier alpha value is -1.64. The van der Waals surface area contributed by atoms with Gasteiger partial charge in [-0.25, -0.2) is 9.78 Å². The van der Waals surface area contributed by atoms with Gasteiger partial charge in [0, 0.05) is 6.20 Å². The minimum atomic E-state index is -0.466. The van der Waals surface area contributed by atoms with E-state index < -0.39 is 5.97 Å². The number of rotatable bonds is 5. The summed E-state index contributed by atoms with van der Waals surface area (Å²) >= 11 is 0. The van der Waals surface area contributed by atoms with Crippen LogP contribution in [0, 0.1) is 0 Å². The highest BCUT2D eigenvalue weighted by Gasteiger charge is 2.06. The van der Waals surface area contributed by atoms with Crippen molar-refractivity contribution in [3.05, 3.63) is 42.4 Å². The summed E-state index contributed by atoms with van der Waals surface area (Å²) in [6.07, 6.45) is 6.11. The standard InChI is InChI=1S/C12H15NO2/c1-3-5-6-10-7-8-11(13-9-10)12(14)15-4-2/h4,7-9H,2-3,5-6H2,1H3. The number of aryl methyl sites for hydroxylation is 1. The highest BCUT2D eigenvalue weighted by molar-refractivity contribution is 5.87. The van der Waals surface area contributed by atoms with Crippen LogP contribution in [0.15, 0.2) is 31.2 Å². The quantitative estimate of drug-likeness (QED) is 0.548. The summed E-state index contributed by atoms with van der Waals surface area (Å²) < 4.78 is 4.61. The van der Waals surface area contributed by atoms with Crippen molar-refractivity contribution in [2.45, 2.75) is 26.2 Å². The average molecular weight is 205 g/mol. The highest BCUT2D eigenvalue weighted by Crippen LogP contribution is 2.05. The maximum Gasteiger partial charge on any atom is 0.361 e. The van der Waals surface area contributed by atoms with Gasteiger partial charge in [0.05, 0.1) is 6.26 Å². The van der Waals surface area contributed by atoms with Crippen molar-refractivity contribution < 1.29 is 9.53 Å². The van der Waals surface area contributed by atoms with Crippen LogP contribution in [0.3, 0.4) is 0 Å². The third kappa shape index (κ3) is 3.54. The molecular weight excluding hydrogens is 190 g/mol. The Kier molecular flexibility index (Phi) is 4.54. The zero-order valence-corrected chi connectivity index (χ0v) is 8.90. The van der Waals surface area contributed by atoms with E-state index >= 15 is 0 Å². The summed E-state index contributed by atoms with van der Waals surface area (Å²) in [6.45, 7) is 5.46. The maximum atomic E-state index is 11.2. The Morgan fingerprint density at radius 2 is 2.40 bits per heavy atom. The van der Waals surface area contributed by atoms with Gasteiger partial charge in [0.2, 0.25) is 0 Å². The molecule has 0 aromatic carbocycles. The van der Waals surface area contributed by atoms with Gasteiger partial charge in [-0.1, -0.05) is 26.0 Å². The van der Waals surface area contributed by atoms with Crippen LogP contribution in [0.1, 0.15) is 35.8 Å². The average Bonchev–Trinajstić information content (AvgIpc) is 2.27. The molecule has 1 heterocycles. The minimum absolute atomic E-state index is 0.315. The highest BCUT2D eigenvalue weighted by atomic mass is 16.5. The molecule has 3 heteroatoms. The van der Waals surface area contributed by atoms with Crippen molar-refractivity contribution in [3.63, 3.8) is 0 Å². The lowest BCUT2D eigenvalue weighted by atomic mass is 10.1. The van der Waals surface area contributed by atoms with E-state index in [9.17, 15) is 4.79 Å². The second-order valence-electron chi connectivity index (χ2n) is 3.23. The molecule has 0 N–H and O–H groups in total. The summed E-state index contributed by atoms with van der Waals surface area (Å²) in [5.41, 5.74) is 1.46. The number of unbranched alkanes of at least 4 members (excludes halogenated alkanes) is 1. The van der Waals surface area contributed by atoms with Gasteiger partial charge >= 0.3 is 5.97 Å². The van der Waals surface area contributed by atoms with Gasteiger partial charge in [-0.3, -0.25) is 0 Å². The zero-order chi connectivity index (χ0) is 11.1. The lowest BCUT2D eigenvalue weighted by molar-refractivity contribution is 0.0657. The molecule has 0 saturated carbocycles. The Labute approximate surface area is 89.8 Å². The van der Waals surface area contributed by atoms with E-state index in [1.807, 2.05) is 6.07 Å². The van der Waals surface area contributed by atoms with Crippen LogP contribution in [0.4, 0.5) is 0 Å². The molecule has 0 atom stereocenters. The number of esters is 1. The molecule has 0 radical (unpaired) electrons. The molecule has 3 nitrogen and oxygen atoms in total. The minimum Gasteiger partial charge on any atom is -0.430 e. The van der Waals surface area contributed by atoms with E-state index in [-0.39, 0.29) is 0 Å². The summed E-state index contributed by atoms with van der Waals surface area (Å²) in [4.78, 5) is 15.2. The van der Waals surface area contributed by atoms with E-state index in [4.69, 9.17) is 0 Å². The third-order valence-corrected chi connectivity index (χ3v) is 2.04. The Morgan fingerprint density at radius 3 is 2.93 bits per heavy atom. The van der Waals surface area contributed by atoms with E-state index in [1.165, 1.54) is 0 Å². The Morgan fingerprint density at radius 1 is 1.60 bits per heavy atom. The molecular formula is C12H15NO2. The van der Waals surface area contributed by atoms with E-state index in [1.54, 1.807) is 12.3 Å². The summed E-state index contributed by atoms with van der Waals surface area (Å²) in [5, 5.41) is 0. The van der Waals surface area contributed by atoms with Crippen LogP contribution in [-0.4, -0.2) is 11.0 Å². The first-order chi connectivity index (χ1) is 7.27. The topological polar surface area (TPSA) is 39.2 Å². The summed E-state index contributed by atoms with van der Waals surface area (Å²) in [7, 11) is 0. The van der Waals surface area contributed by atoms with Gasteiger partial charge in [0.25, 0.3) is 0 Å². The summed E-state index contributed by atoms with van der Waals surface area (Å²) in [6, 6.07) is 3.58. The van der Waals surface area contributed by atoms with Gasteiger partial charge in [0.15, 0.2) is 0 Å². The zero-order valence-electron chi connectivity index (χ0n) is 8.90. The molecule has 80 valence electrons. The van der Waals surface area contributed by atoms with Crippen LogP contribution in [-0.2, 0) is 11.2 Å². The van der Waals surface area contributed by atoms with Gasteiger partial charge in [0.1, 0.15) is 5.69 Å². The number of aromatic nitrogens is 1. The van der Waals surface area contributed by atoms with E-state index in [0.717, 1.165) is 31.1 Å².